The highest BCUT2D eigenvalue weighted by Crippen LogP contribution is 2.38. The highest BCUT2D eigenvalue weighted by Gasteiger charge is 2.30. The summed E-state index contributed by atoms with van der Waals surface area (Å²) in [6.45, 7) is 6.64. The van der Waals surface area contributed by atoms with Gasteiger partial charge in [-0.1, -0.05) is 66.2 Å². The summed E-state index contributed by atoms with van der Waals surface area (Å²) >= 11 is 0. The van der Waals surface area contributed by atoms with Crippen molar-refractivity contribution >= 4 is 5.91 Å². The molecule has 34 heavy (non-hydrogen) atoms. The Hall–Kier alpha value is -3.11. The van der Waals surface area contributed by atoms with E-state index >= 15 is 0 Å². The Labute approximate surface area is 202 Å². The lowest BCUT2D eigenvalue weighted by Crippen LogP contribution is -2.37. The van der Waals surface area contributed by atoms with E-state index < -0.39 is 6.10 Å². The maximum absolute atomic E-state index is 12.5. The topological polar surface area (TPSA) is 41.6 Å². The van der Waals surface area contributed by atoms with E-state index in [2.05, 4.69) is 83.9 Å². The summed E-state index contributed by atoms with van der Waals surface area (Å²) in [5.41, 5.74) is 6.53. The van der Waals surface area contributed by atoms with Crippen molar-refractivity contribution in [2.24, 2.45) is 5.92 Å². The Morgan fingerprint density at radius 2 is 1.88 bits per heavy atom. The van der Waals surface area contributed by atoms with Crippen LogP contribution in [0.5, 0.6) is 5.75 Å². The molecule has 1 amide bonds. The number of rotatable bonds is 8. The van der Waals surface area contributed by atoms with Crippen LogP contribution < -0.4 is 10.1 Å². The third kappa shape index (κ3) is 5.34. The Morgan fingerprint density at radius 3 is 2.65 bits per heavy atom. The summed E-state index contributed by atoms with van der Waals surface area (Å²) in [5, 5.41) is 3.03. The molecule has 1 aliphatic carbocycles. The van der Waals surface area contributed by atoms with E-state index in [4.69, 9.17) is 4.74 Å². The Kier molecular flexibility index (Phi) is 6.68. The third-order valence-electron chi connectivity index (χ3n) is 6.97. The van der Waals surface area contributed by atoms with Gasteiger partial charge in [-0.15, -0.1) is 0 Å². The molecule has 1 N–H and O–H groups in total. The molecule has 2 aliphatic rings. The zero-order valence-electron chi connectivity index (χ0n) is 20.2. The van der Waals surface area contributed by atoms with Crippen molar-refractivity contribution in [2.75, 3.05) is 13.1 Å². The number of nitrogens with zero attached hydrogens (tertiary/aromatic N) is 1. The zero-order valence-corrected chi connectivity index (χ0v) is 20.2. The first kappa shape index (κ1) is 22.7. The summed E-state index contributed by atoms with van der Waals surface area (Å²) < 4.78 is 6.12. The minimum Gasteiger partial charge on any atom is -0.481 e. The van der Waals surface area contributed by atoms with E-state index in [1.165, 1.54) is 40.7 Å². The molecule has 1 saturated carbocycles. The van der Waals surface area contributed by atoms with Gasteiger partial charge in [0.05, 0.1) is 6.04 Å². The maximum Gasteiger partial charge on any atom is 0.260 e. The lowest BCUT2D eigenvalue weighted by molar-refractivity contribution is -0.127. The SMILES string of the molecule is Cc1cccc(CN2CCc3ccc(OC(C)C(=O)NCC4CC4)cc3C2c2ccccc2)c1. The molecule has 1 aliphatic heterocycles. The highest BCUT2D eigenvalue weighted by atomic mass is 16.5. The molecule has 0 bridgehead atoms. The lowest BCUT2D eigenvalue weighted by atomic mass is 9.87. The number of ether oxygens (including phenoxy) is 1. The average molecular weight is 455 g/mol. The van der Waals surface area contributed by atoms with Crippen LogP contribution in [0.25, 0.3) is 0 Å². The second-order valence-electron chi connectivity index (χ2n) is 9.83. The standard InChI is InChI=1S/C30H34N2O2/c1-21-7-6-8-24(17-21)20-32-16-15-25-13-14-27(34-22(2)30(33)31-19-23-11-12-23)18-28(25)29(32)26-9-4-3-5-10-26/h3-10,13-14,17-18,22-23,29H,11-12,15-16,19-20H2,1-2H3,(H,31,33). The van der Waals surface area contributed by atoms with Crippen molar-refractivity contribution in [3.05, 3.63) is 101 Å². The fraction of sp³-hybridized carbons (Fsp3) is 0.367. The number of carbonyl (C=O) groups is 1. The first-order chi connectivity index (χ1) is 16.6. The second-order valence-corrected chi connectivity index (χ2v) is 9.83. The molecule has 4 heteroatoms. The molecular weight excluding hydrogens is 420 g/mol. The van der Waals surface area contributed by atoms with Crippen LogP contribution in [0.1, 0.15) is 53.6 Å². The predicted octanol–water partition coefficient (Wildman–Crippen LogP) is 5.44. The van der Waals surface area contributed by atoms with Crippen LogP contribution in [0, 0.1) is 12.8 Å². The Bertz CT molecular complexity index is 1140. The van der Waals surface area contributed by atoms with Crippen LogP contribution in [0.4, 0.5) is 0 Å². The van der Waals surface area contributed by atoms with Gasteiger partial charge in [-0.25, -0.2) is 0 Å². The Balaban J connectivity index is 1.40. The number of amides is 1. The maximum atomic E-state index is 12.5. The largest absolute Gasteiger partial charge is 0.481 e. The first-order valence-electron chi connectivity index (χ1n) is 12.5. The van der Waals surface area contributed by atoms with Gasteiger partial charge in [-0.2, -0.15) is 0 Å². The van der Waals surface area contributed by atoms with Crippen LogP contribution in [-0.4, -0.2) is 30.0 Å². The van der Waals surface area contributed by atoms with E-state index in [0.29, 0.717) is 5.92 Å². The molecule has 0 spiro atoms. The van der Waals surface area contributed by atoms with Crippen LogP contribution in [0.15, 0.2) is 72.8 Å². The molecule has 5 rings (SSSR count). The van der Waals surface area contributed by atoms with E-state index in [9.17, 15) is 4.79 Å². The molecule has 3 aromatic rings. The van der Waals surface area contributed by atoms with Crippen LogP contribution in [-0.2, 0) is 17.8 Å². The van der Waals surface area contributed by atoms with Gasteiger partial charge in [-0.05, 0) is 73.4 Å². The van der Waals surface area contributed by atoms with E-state index in [1.807, 2.05) is 13.0 Å². The molecule has 1 heterocycles. The highest BCUT2D eigenvalue weighted by molar-refractivity contribution is 5.80. The fourth-order valence-electron chi connectivity index (χ4n) is 4.93. The van der Waals surface area contributed by atoms with Gasteiger partial charge in [0.25, 0.3) is 5.91 Å². The summed E-state index contributed by atoms with van der Waals surface area (Å²) in [5.74, 6) is 1.38. The number of hydrogen-bond acceptors (Lipinski definition) is 3. The van der Waals surface area contributed by atoms with Crippen molar-refractivity contribution in [1.29, 1.82) is 0 Å². The van der Waals surface area contributed by atoms with Crippen molar-refractivity contribution in [1.82, 2.24) is 10.2 Å². The molecule has 1 fully saturated rings. The van der Waals surface area contributed by atoms with Crippen molar-refractivity contribution < 1.29 is 9.53 Å². The first-order valence-corrected chi connectivity index (χ1v) is 12.5. The van der Waals surface area contributed by atoms with Gasteiger partial charge < -0.3 is 10.1 Å². The quantitative estimate of drug-likeness (QED) is 0.493. The molecule has 0 aromatic heterocycles. The lowest BCUT2D eigenvalue weighted by Gasteiger charge is -2.38. The second kappa shape index (κ2) is 10.0. The van der Waals surface area contributed by atoms with Gasteiger partial charge >= 0.3 is 0 Å². The average Bonchev–Trinajstić information content (AvgIpc) is 3.67. The molecular formula is C30H34N2O2. The monoisotopic (exact) mass is 454 g/mol. The molecule has 2 unspecified atom stereocenters. The zero-order chi connectivity index (χ0) is 23.5. The summed E-state index contributed by atoms with van der Waals surface area (Å²) in [4.78, 5) is 15.1. The minimum atomic E-state index is -0.515. The summed E-state index contributed by atoms with van der Waals surface area (Å²) in [7, 11) is 0. The summed E-state index contributed by atoms with van der Waals surface area (Å²) in [6.07, 6.45) is 2.93. The summed E-state index contributed by atoms with van der Waals surface area (Å²) in [6, 6.07) is 26.0. The van der Waals surface area contributed by atoms with Crippen LogP contribution >= 0.6 is 0 Å². The number of hydrogen-bond donors (Lipinski definition) is 1. The number of aryl methyl sites for hydroxylation is 1. The van der Waals surface area contributed by atoms with Crippen molar-refractivity contribution in [3.63, 3.8) is 0 Å². The normalized spacial score (nSPS) is 18.7. The number of nitrogens with one attached hydrogen (secondary N) is 1. The fourth-order valence-corrected chi connectivity index (χ4v) is 4.93. The van der Waals surface area contributed by atoms with Crippen LogP contribution in [0.3, 0.4) is 0 Å². The minimum absolute atomic E-state index is 0.0368. The Morgan fingerprint density at radius 1 is 1.06 bits per heavy atom. The molecule has 0 radical (unpaired) electrons. The molecule has 4 nitrogen and oxygen atoms in total. The van der Waals surface area contributed by atoms with Crippen LogP contribution in [0.2, 0.25) is 0 Å². The molecule has 0 saturated heterocycles. The van der Waals surface area contributed by atoms with E-state index in [1.54, 1.807) is 0 Å². The van der Waals surface area contributed by atoms with Crippen molar-refractivity contribution in [2.45, 2.75) is 51.8 Å². The predicted molar refractivity (Wildman–Crippen MR) is 136 cm³/mol. The van der Waals surface area contributed by atoms with Gasteiger partial charge in [0.1, 0.15) is 5.75 Å². The van der Waals surface area contributed by atoms with Crippen molar-refractivity contribution in [3.8, 4) is 5.75 Å². The van der Waals surface area contributed by atoms with Gasteiger partial charge in [-0.3, -0.25) is 9.69 Å². The third-order valence-corrected chi connectivity index (χ3v) is 6.97. The molecule has 2 atom stereocenters. The number of benzene rings is 3. The smallest absolute Gasteiger partial charge is 0.260 e. The number of fused-ring (bicyclic) bond motifs is 1. The van der Waals surface area contributed by atoms with Gasteiger partial charge in [0, 0.05) is 19.6 Å². The molecule has 176 valence electrons. The number of carbonyl (C=O) groups excluding carboxylic acids is 1. The van der Waals surface area contributed by atoms with Gasteiger partial charge in [0.2, 0.25) is 0 Å². The van der Waals surface area contributed by atoms with Gasteiger partial charge in [0.15, 0.2) is 6.10 Å². The van der Waals surface area contributed by atoms with E-state index in [0.717, 1.165) is 31.8 Å². The molecule has 3 aromatic carbocycles. The van der Waals surface area contributed by atoms with E-state index in [-0.39, 0.29) is 11.9 Å².